The maximum absolute atomic E-state index is 12.3. The van der Waals surface area contributed by atoms with E-state index in [0.717, 1.165) is 0 Å². The number of aromatic nitrogens is 2. The molecule has 0 fully saturated rings. The molecule has 0 bridgehead atoms. The predicted molar refractivity (Wildman–Crippen MR) is 74.9 cm³/mol. The number of hydrogen-bond acceptors (Lipinski definition) is 5. The second kappa shape index (κ2) is 6.34. The second-order valence-corrected chi connectivity index (χ2v) is 4.86. The Morgan fingerprint density at radius 2 is 1.95 bits per heavy atom. The standard InChI is InChI=1S/C14H17N3O4/c1-8-7-11(21-2)16-14(15-8)17-12(18)9-5-3-4-6-10(9)13(19)20/h3-4,7,9-10H,5-6H2,1-2H3,(H,19,20)(H,15,16,17,18). The number of nitrogens with zero attached hydrogens (tertiary/aromatic N) is 2. The summed E-state index contributed by atoms with van der Waals surface area (Å²) >= 11 is 0. The van der Waals surface area contributed by atoms with E-state index in [-0.39, 0.29) is 11.9 Å². The minimum atomic E-state index is -0.970. The summed E-state index contributed by atoms with van der Waals surface area (Å²) in [5.41, 5.74) is 0.649. The highest BCUT2D eigenvalue weighted by atomic mass is 16.5. The molecule has 1 aliphatic carbocycles. The number of carboxylic acids is 1. The number of aryl methyl sites for hydroxylation is 1. The zero-order valence-corrected chi connectivity index (χ0v) is 11.9. The van der Waals surface area contributed by atoms with Crippen molar-refractivity contribution >= 4 is 17.8 Å². The van der Waals surface area contributed by atoms with Crippen LogP contribution in [0.25, 0.3) is 0 Å². The molecule has 1 aliphatic rings. The molecule has 0 saturated heterocycles. The quantitative estimate of drug-likeness (QED) is 0.813. The van der Waals surface area contributed by atoms with Gasteiger partial charge in [-0.25, -0.2) is 4.98 Å². The van der Waals surface area contributed by atoms with Crippen molar-refractivity contribution in [2.24, 2.45) is 11.8 Å². The van der Waals surface area contributed by atoms with E-state index in [4.69, 9.17) is 4.74 Å². The van der Waals surface area contributed by atoms with E-state index in [2.05, 4.69) is 15.3 Å². The number of amides is 1. The first-order valence-corrected chi connectivity index (χ1v) is 6.59. The van der Waals surface area contributed by atoms with Crippen LogP contribution in [0.4, 0.5) is 5.95 Å². The number of carbonyl (C=O) groups is 2. The van der Waals surface area contributed by atoms with Gasteiger partial charge in [0.25, 0.3) is 0 Å². The Balaban J connectivity index is 2.15. The van der Waals surface area contributed by atoms with Crippen LogP contribution in [-0.2, 0) is 9.59 Å². The molecule has 7 nitrogen and oxygen atoms in total. The number of allylic oxidation sites excluding steroid dienone is 2. The van der Waals surface area contributed by atoms with Crippen LogP contribution >= 0.6 is 0 Å². The van der Waals surface area contributed by atoms with Gasteiger partial charge in [-0.15, -0.1) is 0 Å². The number of anilines is 1. The summed E-state index contributed by atoms with van der Waals surface area (Å²) in [4.78, 5) is 31.6. The van der Waals surface area contributed by atoms with Gasteiger partial charge in [0.1, 0.15) is 0 Å². The number of ether oxygens (including phenoxy) is 1. The van der Waals surface area contributed by atoms with Crippen LogP contribution in [0.2, 0.25) is 0 Å². The fraction of sp³-hybridized carbons (Fsp3) is 0.429. The molecule has 2 atom stereocenters. The van der Waals surface area contributed by atoms with Gasteiger partial charge in [0.15, 0.2) is 0 Å². The monoisotopic (exact) mass is 291 g/mol. The van der Waals surface area contributed by atoms with Crippen LogP contribution < -0.4 is 10.1 Å². The molecule has 7 heteroatoms. The Morgan fingerprint density at radius 3 is 2.57 bits per heavy atom. The highest BCUT2D eigenvalue weighted by Gasteiger charge is 2.34. The topological polar surface area (TPSA) is 101 Å². The van der Waals surface area contributed by atoms with Crippen LogP contribution in [0.3, 0.4) is 0 Å². The van der Waals surface area contributed by atoms with Crippen LogP contribution in [0.1, 0.15) is 18.5 Å². The highest BCUT2D eigenvalue weighted by molar-refractivity contribution is 5.94. The zero-order chi connectivity index (χ0) is 15.4. The third kappa shape index (κ3) is 3.56. The summed E-state index contributed by atoms with van der Waals surface area (Å²) in [5.74, 6) is -2.24. The Hall–Kier alpha value is -2.44. The number of hydrogen-bond donors (Lipinski definition) is 2. The maximum Gasteiger partial charge on any atom is 0.307 e. The van der Waals surface area contributed by atoms with Crippen molar-refractivity contribution in [2.45, 2.75) is 19.8 Å². The lowest BCUT2D eigenvalue weighted by Gasteiger charge is -2.23. The Bertz CT molecular complexity index is 586. The normalized spacial score (nSPS) is 20.9. The van der Waals surface area contributed by atoms with Crippen molar-refractivity contribution in [1.82, 2.24) is 9.97 Å². The maximum atomic E-state index is 12.3. The Morgan fingerprint density at radius 1 is 1.29 bits per heavy atom. The number of carboxylic acid groups (broad SMARTS) is 1. The van der Waals surface area contributed by atoms with Gasteiger partial charge in [0.05, 0.1) is 18.9 Å². The molecule has 21 heavy (non-hydrogen) atoms. The summed E-state index contributed by atoms with van der Waals surface area (Å²) in [6.45, 7) is 1.75. The number of aliphatic carboxylic acids is 1. The lowest BCUT2D eigenvalue weighted by Crippen LogP contribution is -2.35. The van der Waals surface area contributed by atoms with Crippen molar-refractivity contribution in [1.29, 1.82) is 0 Å². The van der Waals surface area contributed by atoms with Gasteiger partial charge in [-0.1, -0.05) is 12.2 Å². The minimum Gasteiger partial charge on any atom is -0.481 e. The van der Waals surface area contributed by atoms with Crippen LogP contribution in [0, 0.1) is 18.8 Å². The van der Waals surface area contributed by atoms with Crippen molar-refractivity contribution in [3.8, 4) is 5.88 Å². The lowest BCUT2D eigenvalue weighted by molar-refractivity contribution is -0.146. The third-order valence-corrected chi connectivity index (χ3v) is 3.36. The zero-order valence-electron chi connectivity index (χ0n) is 11.9. The molecule has 0 spiro atoms. The van der Waals surface area contributed by atoms with Crippen molar-refractivity contribution in [3.63, 3.8) is 0 Å². The Kier molecular flexibility index (Phi) is 4.52. The first-order chi connectivity index (χ1) is 10.0. The molecule has 1 amide bonds. The van der Waals surface area contributed by atoms with E-state index < -0.39 is 17.8 Å². The number of carbonyl (C=O) groups excluding carboxylic acids is 1. The largest absolute Gasteiger partial charge is 0.481 e. The van der Waals surface area contributed by atoms with Crippen LogP contribution in [0.5, 0.6) is 5.88 Å². The molecule has 1 aromatic heterocycles. The smallest absolute Gasteiger partial charge is 0.307 e. The Labute approximate surface area is 122 Å². The fourth-order valence-corrected chi connectivity index (χ4v) is 2.28. The van der Waals surface area contributed by atoms with Gasteiger partial charge in [-0.05, 0) is 19.8 Å². The van der Waals surface area contributed by atoms with Gasteiger partial charge >= 0.3 is 5.97 Å². The van der Waals surface area contributed by atoms with Gasteiger partial charge in [-0.3, -0.25) is 14.9 Å². The predicted octanol–water partition coefficient (Wildman–Crippen LogP) is 1.40. The average molecular weight is 291 g/mol. The summed E-state index contributed by atoms with van der Waals surface area (Å²) in [6.07, 6.45) is 4.35. The van der Waals surface area contributed by atoms with Crippen molar-refractivity contribution in [3.05, 3.63) is 23.9 Å². The second-order valence-electron chi connectivity index (χ2n) is 4.86. The van der Waals surface area contributed by atoms with Gasteiger partial charge < -0.3 is 9.84 Å². The summed E-state index contributed by atoms with van der Waals surface area (Å²) < 4.78 is 5.01. The summed E-state index contributed by atoms with van der Waals surface area (Å²) in [7, 11) is 1.47. The number of methoxy groups -OCH3 is 1. The fourth-order valence-electron chi connectivity index (χ4n) is 2.28. The van der Waals surface area contributed by atoms with E-state index in [0.29, 0.717) is 24.4 Å². The summed E-state index contributed by atoms with van der Waals surface area (Å²) in [5, 5.41) is 11.8. The first-order valence-electron chi connectivity index (χ1n) is 6.59. The molecule has 0 aliphatic heterocycles. The molecule has 1 heterocycles. The van der Waals surface area contributed by atoms with Gasteiger partial charge in [-0.2, -0.15) is 4.98 Å². The van der Waals surface area contributed by atoms with E-state index in [9.17, 15) is 14.7 Å². The summed E-state index contributed by atoms with van der Waals surface area (Å²) in [6, 6.07) is 1.64. The molecule has 0 saturated carbocycles. The third-order valence-electron chi connectivity index (χ3n) is 3.36. The molecule has 2 rings (SSSR count). The molecule has 1 aromatic rings. The van der Waals surface area contributed by atoms with E-state index in [1.807, 2.05) is 6.08 Å². The molecule has 0 aromatic carbocycles. The van der Waals surface area contributed by atoms with Gasteiger partial charge in [0.2, 0.25) is 17.7 Å². The SMILES string of the molecule is COc1cc(C)nc(NC(=O)C2CC=CCC2C(=O)O)n1. The highest BCUT2D eigenvalue weighted by Crippen LogP contribution is 2.27. The van der Waals surface area contributed by atoms with Crippen molar-refractivity contribution < 1.29 is 19.4 Å². The molecular formula is C14H17N3O4. The van der Waals surface area contributed by atoms with Crippen LogP contribution in [-0.4, -0.2) is 34.1 Å². The number of nitrogens with one attached hydrogen (secondary N) is 1. The van der Waals surface area contributed by atoms with E-state index in [1.165, 1.54) is 7.11 Å². The van der Waals surface area contributed by atoms with Crippen molar-refractivity contribution in [2.75, 3.05) is 12.4 Å². The van der Waals surface area contributed by atoms with E-state index in [1.54, 1.807) is 19.1 Å². The first kappa shape index (κ1) is 15.0. The molecule has 2 N–H and O–H groups in total. The van der Waals surface area contributed by atoms with Crippen LogP contribution in [0.15, 0.2) is 18.2 Å². The average Bonchev–Trinajstić information content (AvgIpc) is 2.46. The lowest BCUT2D eigenvalue weighted by atomic mass is 9.82. The molecule has 2 unspecified atom stereocenters. The minimum absolute atomic E-state index is 0.121. The van der Waals surface area contributed by atoms with E-state index >= 15 is 0 Å². The molecular weight excluding hydrogens is 274 g/mol. The van der Waals surface area contributed by atoms with Gasteiger partial charge in [0, 0.05) is 11.8 Å². The molecule has 0 radical (unpaired) electrons. The number of rotatable bonds is 4. The molecule has 112 valence electrons.